The number of rotatable bonds is 6. The molecule has 0 saturated carbocycles. The van der Waals surface area contributed by atoms with E-state index in [0.717, 1.165) is 0 Å². The molecule has 1 heterocycles. The van der Waals surface area contributed by atoms with Crippen LogP contribution in [-0.4, -0.2) is 44.6 Å². The molecule has 126 valence electrons. The van der Waals surface area contributed by atoms with Crippen molar-refractivity contribution in [3.8, 4) is 5.75 Å². The molecule has 1 amide bonds. The first-order chi connectivity index (χ1) is 10.9. The van der Waals surface area contributed by atoms with E-state index in [1.807, 2.05) is 6.07 Å². The SMILES string of the molecule is C=CCOc1cccc(NC(=O)C2CCN(S(C)(=O)=O)CC2)c1. The molecule has 0 aliphatic carbocycles. The summed E-state index contributed by atoms with van der Waals surface area (Å²) >= 11 is 0. The highest BCUT2D eigenvalue weighted by Crippen LogP contribution is 2.22. The second-order valence-corrected chi connectivity index (χ2v) is 7.54. The zero-order valence-corrected chi connectivity index (χ0v) is 14.0. The van der Waals surface area contributed by atoms with Crippen LogP contribution in [-0.2, 0) is 14.8 Å². The number of anilines is 1. The first-order valence-electron chi connectivity index (χ1n) is 7.50. The molecule has 0 radical (unpaired) electrons. The van der Waals surface area contributed by atoms with Gasteiger partial charge in [0.2, 0.25) is 15.9 Å². The molecule has 0 aromatic heterocycles. The van der Waals surface area contributed by atoms with Gasteiger partial charge in [-0.05, 0) is 25.0 Å². The fourth-order valence-electron chi connectivity index (χ4n) is 2.51. The molecule has 7 heteroatoms. The molecular formula is C16H22N2O4S. The monoisotopic (exact) mass is 338 g/mol. The molecule has 1 aliphatic heterocycles. The van der Waals surface area contributed by atoms with Crippen LogP contribution >= 0.6 is 0 Å². The Kier molecular flexibility index (Phi) is 5.79. The number of carbonyl (C=O) groups is 1. The molecule has 1 saturated heterocycles. The summed E-state index contributed by atoms with van der Waals surface area (Å²) in [5.74, 6) is 0.402. The van der Waals surface area contributed by atoms with Crippen molar-refractivity contribution < 1.29 is 17.9 Å². The molecule has 0 unspecified atom stereocenters. The van der Waals surface area contributed by atoms with E-state index in [4.69, 9.17) is 4.74 Å². The topological polar surface area (TPSA) is 75.7 Å². The smallest absolute Gasteiger partial charge is 0.227 e. The third kappa shape index (κ3) is 5.07. The van der Waals surface area contributed by atoms with Crippen molar-refractivity contribution in [1.82, 2.24) is 4.31 Å². The third-order valence-corrected chi connectivity index (χ3v) is 5.07. The number of benzene rings is 1. The molecule has 1 aliphatic rings. The van der Waals surface area contributed by atoms with Crippen molar-refractivity contribution in [2.24, 2.45) is 5.92 Å². The van der Waals surface area contributed by atoms with Gasteiger partial charge in [0, 0.05) is 30.8 Å². The summed E-state index contributed by atoms with van der Waals surface area (Å²) < 4.78 is 29.8. The summed E-state index contributed by atoms with van der Waals surface area (Å²) in [4.78, 5) is 12.3. The zero-order valence-electron chi connectivity index (χ0n) is 13.2. The third-order valence-electron chi connectivity index (χ3n) is 3.76. The summed E-state index contributed by atoms with van der Waals surface area (Å²) in [5.41, 5.74) is 0.669. The van der Waals surface area contributed by atoms with Crippen molar-refractivity contribution in [3.05, 3.63) is 36.9 Å². The standard InChI is InChI=1S/C16H22N2O4S/c1-3-11-22-15-6-4-5-14(12-15)17-16(19)13-7-9-18(10-8-13)23(2,20)21/h3-6,12-13H,1,7-11H2,2H3,(H,17,19). The minimum atomic E-state index is -3.17. The van der Waals surface area contributed by atoms with E-state index < -0.39 is 10.0 Å². The zero-order chi connectivity index (χ0) is 16.9. The van der Waals surface area contributed by atoms with Crippen molar-refractivity contribution in [2.45, 2.75) is 12.8 Å². The molecule has 0 spiro atoms. The second-order valence-electron chi connectivity index (χ2n) is 5.55. The fraction of sp³-hybridized carbons (Fsp3) is 0.438. The van der Waals surface area contributed by atoms with E-state index in [9.17, 15) is 13.2 Å². The molecule has 2 rings (SSSR count). The first-order valence-corrected chi connectivity index (χ1v) is 9.34. The number of sulfonamides is 1. The van der Waals surface area contributed by atoms with Gasteiger partial charge >= 0.3 is 0 Å². The molecule has 0 bridgehead atoms. The Balaban J connectivity index is 1.91. The van der Waals surface area contributed by atoms with Crippen LogP contribution < -0.4 is 10.1 Å². The summed E-state index contributed by atoms with van der Waals surface area (Å²) in [6.07, 6.45) is 3.92. The van der Waals surface area contributed by atoms with Crippen LogP contribution in [0.25, 0.3) is 0 Å². The van der Waals surface area contributed by atoms with Crippen LogP contribution in [0.5, 0.6) is 5.75 Å². The number of ether oxygens (including phenoxy) is 1. The van der Waals surface area contributed by atoms with Gasteiger partial charge in [0.1, 0.15) is 12.4 Å². The predicted molar refractivity (Wildman–Crippen MR) is 89.9 cm³/mol. The Morgan fingerprint density at radius 3 is 2.74 bits per heavy atom. The summed E-state index contributed by atoms with van der Waals surface area (Å²) in [7, 11) is -3.17. The highest BCUT2D eigenvalue weighted by molar-refractivity contribution is 7.88. The average molecular weight is 338 g/mol. The fourth-order valence-corrected chi connectivity index (χ4v) is 3.39. The molecule has 23 heavy (non-hydrogen) atoms. The van der Waals surface area contributed by atoms with E-state index in [1.54, 1.807) is 24.3 Å². The number of carbonyl (C=O) groups excluding carboxylic acids is 1. The molecule has 6 nitrogen and oxygen atoms in total. The van der Waals surface area contributed by atoms with E-state index >= 15 is 0 Å². The number of hydrogen-bond acceptors (Lipinski definition) is 4. The normalized spacial score (nSPS) is 16.7. The number of piperidine rings is 1. The van der Waals surface area contributed by atoms with Gasteiger partial charge in [-0.2, -0.15) is 0 Å². The molecule has 1 fully saturated rings. The van der Waals surface area contributed by atoms with E-state index in [1.165, 1.54) is 10.6 Å². The lowest BCUT2D eigenvalue weighted by atomic mass is 9.97. The Morgan fingerprint density at radius 1 is 1.43 bits per heavy atom. The van der Waals surface area contributed by atoms with Gasteiger partial charge < -0.3 is 10.1 Å². The largest absolute Gasteiger partial charge is 0.489 e. The molecule has 1 N–H and O–H groups in total. The Hall–Kier alpha value is -1.86. The Labute approximate surface area is 137 Å². The maximum absolute atomic E-state index is 12.3. The lowest BCUT2D eigenvalue weighted by Gasteiger charge is -2.29. The minimum Gasteiger partial charge on any atom is -0.489 e. The van der Waals surface area contributed by atoms with E-state index in [0.29, 0.717) is 44.0 Å². The second kappa shape index (κ2) is 7.61. The highest BCUT2D eigenvalue weighted by Gasteiger charge is 2.28. The summed E-state index contributed by atoms with van der Waals surface area (Å²) in [5, 5.41) is 2.87. The van der Waals surface area contributed by atoms with Crippen LogP contribution in [0.1, 0.15) is 12.8 Å². The molecule has 1 aromatic carbocycles. The van der Waals surface area contributed by atoms with Gasteiger partial charge in [-0.25, -0.2) is 12.7 Å². The lowest BCUT2D eigenvalue weighted by molar-refractivity contribution is -0.120. The number of nitrogens with zero attached hydrogens (tertiary/aromatic N) is 1. The summed E-state index contributed by atoms with van der Waals surface area (Å²) in [6, 6.07) is 7.17. The Morgan fingerprint density at radius 2 is 2.13 bits per heavy atom. The molecule has 1 aromatic rings. The predicted octanol–water partition coefficient (Wildman–Crippen LogP) is 1.86. The Bertz CT molecular complexity index is 664. The highest BCUT2D eigenvalue weighted by atomic mass is 32.2. The molecule has 0 atom stereocenters. The van der Waals surface area contributed by atoms with Gasteiger partial charge in [0.15, 0.2) is 0 Å². The van der Waals surface area contributed by atoms with Gasteiger partial charge in [-0.1, -0.05) is 18.7 Å². The maximum Gasteiger partial charge on any atom is 0.227 e. The van der Waals surface area contributed by atoms with Crippen LogP contribution in [0, 0.1) is 5.92 Å². The number of amides is 1. The van der Waals surface area contributed by atoms with E-state index in [-0.39, 0.29) is 11.8 Å². The van der Waals surface area contributed by atoms with Gasteiger partial charge in [0.25, 0.3) is 0 Å². The quantitative estimate of drug-likeness (QED) is 0.803. The van der Waals surface area contributed by atoms with E-state index in [2.05, 4.69) is 11.9 Å². The number of hydrogen-bond donors (Lipinski definition) is 1. The van der Waals surface area contributed by atoms with Gasteiger partial charge in [0.05, 0.1) is 6.26 Å². The van der Waals surface area contributed by atoms with Crippen LogP contribution in [0.3, 0.4) is 0 Å². The van der Waals surface area contributed by atoms with Crippen LogP contribution in [0.2, 0.25) is 0 Å². The van der Waals surface area contributed by atoms with Gasteiger partial charge in [-0.15, -0.1) is 0 Å². The summed E-state index contributed by atoms with van der Waals surface area (Å²) in [6.45, 7) is 4.77. The van der Waals surface area contributed by atoms with Crippen molar-refractivity contribution in [3.63, 3.8) is 0 Å². The lowest BCUT2D eigenvalue weighted by Crippen LogP contribution is -2.40. The van der Waals surface area contributed by atoms with Crippen molar-refractivity contribution in [1.29, 1.82) is 0 Å². The number of nitrogens with one attached hydrogen (secondary N) is 1. The van der Waals surface area contributed by atoms with Crippen molar-refractivity contribution in [2.75, 3.05) is 31.3 Å². The average Bonchev–Trinajstić information content (AvgIpc) is 2.52. The molecular weight excluding hydrogens is 316 g/mol. The van der Waals surface area contributed by atoms with Gasteiger partial charge in [-0.3, -0.25) is 4.79 Å². The van der Waals surface area contributed by atoms with Crippen LogP contribution in [0.15, 0.2) is 36.9 Å². The minimum absolute atomic E-state index is 0.0842. The van der Waals surface area contributed by atoms with Crippen molar-refractivity contribution >= 4 is 21.6 Å². The van der Waals surface area contributed by atoms with Crippen LogP contribution in [0.4, 0.5) is 5.69 Å². The first kappa shape index (κ1) is 17.5. The maximum atomic E-state index is 12.3.